The first kappa shape index (κ1) is 9.68. The van der Waals surface area contributed by atoms with Crippen molar-refractivity contribution in [3.05, 3.63) is 11.1 Å². The predicted molar refractivity (Wildman–Crippen MR) is 48.5 cm³/mol. The molecule has 2 aliphatic rings. The molecule has 0 bridgehead atoms. The molecule has 1 fully saturated rings. The van der Waals surface area contributed by atoms with E-state index in [0.717, 1.165) is 11.1 Å². The van der Waals surface area contributed by atoms with Crippen LogP contribution in [0, 0.1) is 11.8 Å². The lowest BCUT2D eigenvalue weighted by molar-refractivity contribution is -0.145. The van der Waals surface area contributed by atoms with Crippen molar-refractivity contribution in [3.8, 4) is 0 Å². The highest BCUT2D eigenvalue weighted by atomic mass is 16.6. The van der Waals surface area contributed by atoms with Gasteiger partial charge < -0.3 is 14.9 Å². The van der Waals surface area contributed by atoms with Crippen LogP contribution in [0.4, 0.5) is 0 Å². The second-order valence-corrected chi connectivity index (χ2v) is 4.00. The molecule has 4 nitrogen and oxygen atoms in total. The van der Waals surface area contributed by atoms with Crippen molar-refractivity contribution >= 4 is 5.97 Å². The van der Waals surface area contributed by atoms with Crippen molar-refractivity contribution in [3.63, 3.8) is 0 Å². The SMILES string of the molecule is CC1=C2C(O)OCCC2C(C(=O)O)C1. The van der Waals surface area contributed by atoms with E-state index in [0.29, 0.717) is 19.4 Å². The maximum Gasteiger partial charge on any atom is 0.307 e. The van der Waals surface area contributed by atoms with E-state index in [-0.39, 0.29) is 11.8 Å². The third-order valence-corrected chi connectivity index (χ3v) is 3.19. The van der Waals surface area contributed by atoms with Crippen LogP contribution in [0.5, 0.6) is 0 Å². The minimum atomic E-state index is -0.877. The van der Waals surface area contributed by atoms with E-state index in [1.54, 1.807) is 0 Å². The first-order valence-corrected chi connectivity index (χ1v) is 4.83. The van der Waals surface area contributed by atoms with Crippen molar-refractivity contribution in [2.75, 3.05) is 6.61 Å². The smallest absolute Gasteiger partial charge is 0.307 e. The topological polar surface area (TPSA) is 66.8 Å². The summed E-state index contributed by atoms with van der Waals surface area (Å²) < 4.78 is 5.09. The number of aliphatic hydroxyl groups is 1. The number of hydrogen-bond acceptors (Lipinski definition) is 3. The molecule has 0 aromatic rings. The Morgan fingerprint density at radius 3 is 2.93 bits per heavy atom. The van der Waals surface area contributed by atoms with Crippen molar-refractivity contribution in [2.24, 2.45) is 11.8 Å². The zero-order chi connectivity index (χ0) is 10.3. The lowest BCUT2D eigenvalue weighted by atomic mass is 9.87. The summed E-state index contributed by atoms with van der Waals surface area (Å²) in [5.74, 6) is -1.14. The van der Waals surface area contributed by atoms with Crippen LogP contribution >= 0.6 is 0 Å². The van der Waals surface area contributed by atoms with Gasteiger partial charge in [0.05, 0.1) is 12.5 Å². The molecule has 1 aliphatic heterocycles. The van der Waals surface area contributed by atoms with E-state index in [1.807, 2.05) is 6.92 Å². The molecule has 0 spiro atoms. The fourth-order valence-electron chi connectivity index (χ4n) is 2.53. The number of carbonyl (C=O) groups is 1. The van der Waals surface area contributed by atoms with Crippen molar-refractivity contribution in [1.29, 1.82) is 0 Å². The molecular formula is C10H14O4. The van der Waals surface area contributed by atoms with E-state index < -0.39 is 12.3 Å². The fourth-order valence-corrected chi connectivity index (χ4v) is 2.53. The van der Waals surface area contributed by atoms with E-state index >= 15 is 0 Å². The lowest BCUT2D eigenvalue weighted by Gasteiger charge is -2.28. The highest BCUT2D eigenvalue weighted by Gasteiger charge is 2.42. The number of aliphatic hydroxyl groups excluding tert-OH is 1. The molecular weight excluding hydrogens is 184 g/mol. The minimum Gasteiger partial charge on any atom is -0.481 e. The van der Waals surface area contributed by atoms with Crippen LogP contribution in [0.3, 0.4) is 0 Å². The number of rotatable bonds is 1. The van der Waals surface area contributed by atoms with E-state index in [2.05, 4.69) is 0 Å². The van der Waals surface area contributed by atoms with Gasteiger partial charge in [0.2, 0.25) is 0 Å². The Kier molecular flexibility index (Phi) is 2.33. The number of fused-ring (bicyclic) bond motifs is 1. The zero-order valence-corrected chi connectivity index (χ0v) is 8.06. The van der Waals surface area contributed by atoms with Gasteiger partial charge in [-0.3, -0.25) is 4.79 Å². The molecule has 1 aliphatic carbocycles. The van der Waals surface area contributed by atoms with Crippen molar-refractivity contribution in [1.82, 2.24) is 0 Å². The Bertz CT molecular complexity index is 294. The molecule has 14 heavy (non-hydrogen) atoms. The molecule has 2 N–H and O–H groups in total. The largest absolute Gasteiger partial charge is 0.481 e. The second-order valence-electron chi connectivity index (χ2n) is 4.00. The molecule has 1 heterocycles. The Morgan fingerprint density at radius 1 is 1.57 bits per heavy atom. The van der Waals surface area contributed by atoms with Gasteiger partial charge in [-0.25, -0.2) is 0 Å². The summed E-state index contributed by atoms with van der Waals surface area (Å²) >= 11 is 0. The van der Waals surface area contributed by atoms with Crippen LogP contribution in [0.15, 0.2) is 11.1 Å². The molecule has 0 radical (unpaired) electrons. The Hall–Kier alpha value is -0.870. The van der Waals surface area contributed by atoms with Crippen LogP contribution in [-0.2, 0) is 9.53 Å². The molecule has 0 aromatic heterocycles. The molecule has 3 unspecified atom stereocenters. The number of hydrogen-bond donors (Lipinski definition) is 2. The summed E-state index contributed by atoms with van der Waals surface area (Å²) in [6, 6.07) is 0. The van der Waals surface area contributed by atoms with E-state index in [1.165, 1.54) is 0 Å². The normalized spacial score (nSPS) is 37.1. The lowest BCUT2D eigenvalue weighted by Crippen LogP contribution is -2.32. The summed E-state index contributed by atoms with van der Waals surface area (Å²) in [6.45, 7) is 2.33. The van der Waals surface area contributed by atoms with Crippen LogP contribution in [0.25, 0.3) is 0 Å². The highest BCUT2D eigenvalue weighted by Crippen LogP contribution is 2.43. The number of carboxylic acids is 1. The molecule has 4 heteroatoms. The summed E-state index contributed by atoms with van der Waals surface area (Å²) in [6.07, 6.45) is 0.384. The highest BCUT2D eigenvalue weighted by molar-refractivity contribution is 5.72. The van der Waals surface area contributed by atoms with Gasteiger partial charge in [0.1, 0.15) is 0 Å². The van der Waals surface area contributed by atoms with Gasteiger partial charge in [-0.2, -0.15) is 0 Å². The Morgan fingerprint density at radius 2 is 2.29 bits per heavy atom. The first-order chi connectivity index (χ1) is 6.61. The number of aliphatic carboxylic acids is 1. The van der Waals surface area contributed by atoms with Gasteiger partial charge in [-0.05, 0) is 25.3 Å². The maximum absolute atomic E-state index is 11.0. The summed E-state index contributed by atoms with van der Waals surface area (Å²) in [5.41, 5.74) is 1.79. The number of allylic oxidation sites excluding steroid dienone is 1. The average Bonchev–Trinajstić information content (AvgIpc) is 2.45. The van der Waals surface area contributed by atoms with Gasteiger partial charge in [0.15, 0.2) is 6.29 Å². The molecule has 2 rings (SSSR count). The molecule has 0 saturated carbocycles. The van der Waals surface area contributed by atoms with Crippen LogP contribution in [-0.4, -0.2) is 29.1 Å². The quantitative estimate of drug-likeness (QED) is 0.610. The fraction of sp³-hybridized carbons (Fsp3) is 0.700. The van der Waals surface area contributed by atoms with Crippen LogP contribution < -0.4 is 0 Å². The van der Waals surface area contributed by atoms with Crippen molar-refractivity contribution in [2.45, 2.75) is 26.1 Å². The van der Waals surface area contributed by atoms with Gasteiger partial charge in [-0.15, -0.1) is 0 Å². The molecule has 1 saturated heterocycles. The predicted octanol–water partition coefficient (Wildman–Crippen LogP) is 0.762. The van der Waals surface area contributed by atoms with Gasteiger partial charge in [0, 0.05) is 5.92 Å². The average molecular weight is 198 g/mol. The molecule has 3 atom stereocenters. The van der Waals surface area contributed by atoms with E-state index in [4.69, 9.17) is 9.84 Å². The summed E-state index contributed by atoms with van der Waals surface area (Å²) in [4.78, 5) is 11.0. The monoisotopic (exact) mass is 198 g/mol. The third kappa shape index (κ3) is 1.35. The molecule has 0 aromatic carbocycles. The molecule has 0 amide bonds. The standard InChI is InChI=1S/C10H14O4/c1-5-4-7(9(11)12)6-2-3-14-10(13)8(5)6/h6-7,10,13H,2-4H2,1H3,(H,11,12). The molecule has 78 valence electrons. The Balaban J connectivity index is 2.26. The maximum atomic E-state index is 11.0. The zero-order valence-electron chi connectivity index (χ0n) is 8.06. The number of carboxylic acid groups (broad SMARTS) is 1. The summed E-state index contributed by atoms with van der Waals surface area (Å²) in [5, 5.41) is 18.6. The minimum absolute atomic E-state index is 0.0174. The van der Waals surface area contributed by atoms with E-state index in [9.17, 15) is 9.90 Å². The van der Waals surface area contributed by atoms with Crippen molar-refractivity contribution < 1.29 is 19.7 Å². The summed E-state index contributed by atoms with van der Waals surface area (Å²) in [7, 11) is 0. The van der Waals surface area contributed by atoms with Crippen LogP contribution in [0.1, 0.15) is 19.8 Å². The van der Waals surface area contributed by atoms with Gasteiger partial charge >= 0.3 is 5.97 Å². The van der Waals surface area contributed by atoms with Crippen LogP contribution in [0.2, 0.25) is 0 Å². The van der Waals surface area contributed by atoms with Gasteiger partial charge in [-0.1, -0.05) is 5.57 Å². The first-order valence-electron chi connectivity index (χ1n) is 4.83. The van der Waals surface area contributed by atoms with Gasteiger partial charge in [0.25, 0.3) is 0 Å². The second kappa shape index (κ2) is 3.37. The third-order valence-electron chi connectivity index (χ3n) is 3.19. The number of ether oxygens (including phenoxy) is 1. The Labute approximate surface area is 82.2 Å².